The number of hydrogen-bond acceptors (Lipinski definition) is 6. The summed E-state index contributed by atoms with van der Waals surface area (Å²) in [4.78, 5) is 18.1. The minimum Gasteiger partial charge on any atom is -0.374 e. The third-order valence-corrected chi connectivity index (χ3v) is 3.45. The first-order valence-corrected chi connectivity index (χ1v) is 6.66. The number of hydrogen-bond donors (Lipinski definition) is 1. The van der Waals surface area contributed by atoms with E-state index >= 15 is 0 Å². The highest BCUT2D eigenvalue weighted by Gasteiger charge is 2.33. The normalized spacial score (nSPS) is 24.4. The SMILES string of the molecule is Cc1nc(C(=O)NCC2CN(C3CC3)CCO2)no1. The highest BCUT2D eigenvalue weighted by Crippen LogP contribution is 2.28. The summed E-state index contributed by atoms with van der Waals surface area (Å²) in [7, 11) is 0. The Morgan fingerprint density at radius 2 is 2.37 bits per heavy atom. The van der Waals surface area contributed by atoms with Crippen LogP contribution in [0.25, 0.3) is 0 Å². The fraction of sp³-hybridized carbons (Fsp3) is 0.750. The van der Waals surface area contributed by atoms with E-state index in [1.165, 1.54) is 12.8 Å². The van der Waals surface area contributed by atoms with E-state index in [2.05, 4.69) is 20.4 Å². The van der Waals surface area contributed by atoms with Crippen molar-refractivity contribution in [1.29, 1.82) is 0 Å². The second kappa shape index (κ2) is 5.26. The fourth-order valence-corrected chi connectivity index (χ4v) is 2.31. The van der Waals surface area contributed by atoms with E-state index in [1.54, 1.807) is 6.92 Å². The molecule has 0 radical (unpaired) electrons. The highest BCUT2D eigenvalue weighted by molar-refractivity contribution is 5.90. The minimum absolute atomic E-state index is 0.0475. The number of rotatable bonds is 4. The summed E-state index contributed by atoms with van der Waals surface area (Å²) in [6.07, 6.45) is 2.63. The van der Waals surface area contributed by atoms with Crippen molar-refractivity contribution in [2.75, 3.05) is 26.2 Å². The number of carbonyl (C=O) groups is 1. The zero-order valence-corrected chi connectivity index (χ0v) is 11.0. The second-order valence-electron chi connectivity index (χ2n) is 5.07. The molecule has 1 aromatic heterocycles. The Hall–Kier alpha value is -1.47. The lowest BCUT2D eigenvalue weighted by Crippen LogP contribution is -2.48. The molecule has 19 heavy (non-hydrogen) atoms. The summed E-state index contributed by atoms with van der Waals surface area (Å²) in [5.74, 6) is 0.148. The number of aromatic nitrogens is 2. The number of morpholine rings is 1. The van der Waals surface area contributed by atoms with Crippen molar-refractivity contribution in [1.82, 2.24) is 20.4 Å². The fourth-order valence-electron chi connectivity index (χ4n) is 2.31. The summed E-state index contributed by atoms with van der Waals surface area (Å²) in [6, 6.07) is 0.738. The number of carbonyl (C=O) groups excluding carboxylic acids is 1. The van der Waals surface area contributed by atoms with Crippen LogP contribution in [0.3, 0.4) is 0 Å². The van der Waals surface area contributed by atoms with Gasteiger partial charge >= 0.3 is 0 Å². The van der Waals surface area contributed by atoms with E-state index in [0.29, 0.717) is 12.4 Å². The maximum absolute atomic E-state index is 11.8. The van der Waals surface area contributed by atoms with Gasteiger partial charge in [0.05, 0.1) is 12.7 Å². The van der Waals surface area contributed by atoms with Crippen LogP contribution in [0, 0.1) is 6.92 Å². The van der Waals surface area contributed by atoms with Crippen molar-refractivity contribution in [2.24, 2.45) is 0 Å². The second-order valence-corrected chi connectivity index (χ2v) is 5.07. The van der Waals surface area contributed by atoms with Crippen LogP contribution in [-0.4, -0.2) is 59.3 Å². The molecule has 2 heterocycles. The molecule has 1 unspecified atom stereocenters. The molecule has 104 valence electrons. The summed E-state index contributed by atoms with van der Waals surface area (Å²) in [5, 5.41) is 6.37. The maximum Gasteiger partial charge on any atom is 0.292 e. The first kappa shape index (κ1) is 12.6. The molecular weight excluding hydrogens is 248 g/mol. The third kappa shape index (κ3) is 3.10. The quantitative estimate of drug-likeness (QED) is 0.824. The molecule has 1 saturated carbocycles. The predicted octanol–water partition coefficient (Wildman–Crippen LogP) is -0.0290. The Labute approximate surface area is 111 Å². The summed E-state index contributed by atoms with van der Waals surface area (Å²) in [5.41, 5.74) is 0. The van der Waals surface area contributed by atoms with Gasteiger partial charge in [0.2, 0.25) is 5.89 Å². The Balaban J connectivity index is 1.47. The molecule has 1 amide bonds. The van der Waals surface area contributed by atoms with Crippen molar-refractivity contribution < 1.29 is 14.1 Å². The lowest BCUT2D eigenvalue weighted by molar-refractivity contribution is -0.0293. The number of nitrogens with one attached hydrogen (secondary N) is 1. The molecule has 1 atom stereocenters. The first-order chi connectivity index (χ1) is 9.22. The van der Waals surface area contributed by atoms with Crippen LogP contribution in [0.1, 0.15) is 29.4 Å². The number of amides is 1. The van der Waals surface area contributed by atoms with E-state index in [-0.39, 0.29) is 17.8 Å². The smallest absolute Gasteiger partial charge is 0.292 e. The average molecular weight is 266 g/mol. The third-order valence-electron chi connectivity index (χ3n) is 3.45. The van der Waals surface area contributed by atoms with E-state index in [9.17, 15) is 4.79 Å². The molecule has 1 aliphatic heterocycles. The number of nitrogens with zero attached hydrogens (tertiary/aromatic N) is 3. The van der Waals surface area contributed by atoms with Crippen LogP contribution in [0.15, 0.2) is 4.52 Å². The van der Waals surface area contributed by atoms with E-state index in [0.717, 1.165) is 25.7 Å². The summed E-state index contributed by atoms with van der Waals surface area (Å²) < 4.78 is 10.4. The zero-order chi connectivity index (χ0) is 13.2. The van der Waals surface area contributed by atoms with Gasteiger partial charge in [-0.25, -0.2) is 0 Å². The van der Waals surface area contributed by atoms with Gasteiger partial charge in [-0.1, -0.05) is 5.16 Å². The molecule has 0 bridgehead atoms. The van der Waals surface area contributed by atoms with Gasteiger partial charge in [-0.2, -0.15) is 4.98 Å². The van der Waals surface area contributed by atoms with Crippen LogP contribution in [0.5, 0.6) is 0 Å². The predicted molar refractivity (Wildman–Crippen MR) is 65.7 cm³/mol. The minimum atomic E-state index is -0.316. The Morgan fingerprint density at radius 3 is 3.05 bits per heavy atom. The highest BCUT2D eigenvalue weighted by atomic mass is 16.5. The summed E-state index contributed by atoms with van der Waals surface area (Å²) >= 11 is 0. The molecule has 0 aromatic carbocycles. The van der Waals surface area contributed by atoms with Crippen molar-refractivity contribution in [3.05, 3.63) is 11.7 Å². The monoisotopic (exact) mass is 266 g/mol. The molecule has 2 fully saturated rings. The topological polar surface area (TPSA) is 80.5 Å². The molecule has 2 aliphatic rings. The van der Waals surface area contributed by atoms with Gasteiger partial charge in [-0.3, -0.25) is 9.69 Å². The van der Waals surface area contributed by atoms with Crippen molar-refractivity contribution in [2.45, 2.75) is 31.9 Å². The van der Waals surface area contributed by atoms with E-state index in [4.69, 9.17) is 9.26 Å². The van der Waals surface area contributed by atoms with Gasteiger partial charge < -0.3 is 14.6 Å². The Bertz CT molecular complexity index is 458. The molecule has 1 N–H and O–H groups in total. The Morgan fingerprint density at radius 1 is 1.53 bits per heavy atom. The van der Waals surface area contributed by atoms with Gasteiger partial charge in [0, 0.05) is 32.6 Å². The van der Waals surface area contributed by atoms with Crippen LogP contribution in [0.4, 0.5) is 0 Å². The maximum atomic E-state index is 11.8. The van der Waals surface area contributed by atoms with Crippen molar-refractivity contribution in [3.8, 4) is 0 Å². The van der Waals surface area contributed by atoms with Crippen LogP contribution in [0.2, 0.25) is 0 Å². The average Bonchev–Trinajstić information content (AvgIpc) is 3.19. The van der Waals surface area contributed by atoms with E-state index < -0.39 is 0 Å². The van der Waals surface area contributed by atoms with Crippen LogP contribution < -0.4 is 5.32 Å². The van der Waals surface area contributed by atoms with Crippen molar-refractivity contribution >= 4 is 5.91 Å². The molecule has 1 aliphatic carbocycles. The van der Waals surface area contributed by atoms with Crippen molar-refractivity contribution in [3.63, 3.8) is 0 Å². The largest absolute Gasteiger partial charge is 0.374 e. The first-order valence-electron chi connectivity index (χ1n) is 6.66. The molecule has 1 saturated heterocycles. The molecule has 7 nitrogen and oxygen atoms in total. The lowest BCUT2D eigenvalue weighted by atomic mass is 10.2. The van der Waals surface area contributed by atoms with Gasteiger partial charge in [0.1, 0.15) is 0 Å². The summed E-state index contributed by atoms with van der Waals surface area (Å²) in [6.45, 7) is 4.75. The van der Waals surface area contributed by atoms with Gasteiger partial charge in [0.25, 0.3) is 11.7 Å². The van der Waals surface area contributed by atoms with Crippen LogP contribution >= 0.6 is 0 Å². The van der Waals surface area contributed by atoms with Gasteiger partial charge in [-0.15, -0.1) is 0 Å². The van der Waals surface area contributed by atoms with Gasteiger partial charge in [-0.05, 0) is 12.8 Å². The van der Waals surface area contributed by atoms with Crippen LogP contribution in [-0.2, 0) is 4.74 Å². The lowest BCUT2D eigenvalue weighted by Gasteiger charge is -2.32. The molecular formula is C12H18N4O3. The standard InChI is InChI=1S/C12H18N4O3/c1-8-14-11(15-19-8)12(17)13-6-10-7-16(4-5-18-10)9-2-3-9/h9-10H,2-7H2,1H3,(H,13,17). The van der Waals surface area contributed by atoms with Gasteiger partial charge in [0.15, 0.2) is 0 Å². The molecule has 3 rings (SSSR count). The zero-order valence-electron chi connectivity index (χ0n) is 11.0. The van der Waals surface area contributed by atoms with E-state index in [1.807, 2.05) is 0 Å². The molecule has 1 aromatic rings. The number of ether oxygens (including phenoxy) is 1. The Kier molecular flexibility index (Phi) is 3.48. The molecule has 0 spiro atoms. The number of aryl methyl sites for hydroxylation is 1. The molecule has 7 heteroatoms.